The van der Waals surface area contributed by atoms with Gasteiger partial charge in [-0.25, -0.2) is 4.98 Å². The number of pyridine rings is 1. The van der Waals surface area contributed by atoms with Crippen LogP contribution in [0.3, 0.4) is 0 Å². The number of hydrogen-bond donors (Lipinski definition) is 2. The van der Waals surface area contributed by atoms with Crippen molar-refractivity contribution in [2.24, 2.45) is 11.7 Å². The highest BCUT2D eigenvalue weighted by molar-refractivity contribution is 6.04. The van der Waals surface area contributed by atoms with E-state index in [4.69, 9.17) is 10.2 Å². The molecule has 3 heterocycles. The van der Waals surface area contributed by atoms with Crippen molar-refractivity contribution in [3.8, 4) is 0 Å². The lowest BCUT2D eigenvalue weighted by atomic mass is 10.2. The van der Waals surface area contributed by atoms with Gasteiger partial charge in [0.15, 0.2) is 0 Å². The van der Waals surface area contributed by atoms with Gasteiger partial charge >= 0.3 is 0 Å². The van der Waals surface area contributed by atoms with Gasteiger partial charge in [-0.3, -0.25) is 14.4 Å². The largest absolute Gasteiger partial charge is 0.430 e. The molecule has 1 saturated carbocycles. The second-order valence-electron chi connectivity index (χ2n) is 6.52. The molecule has 3 N–H and O–H groups in total. The Hall–Kier alpha value is -3.10. The van der Waals surface area contributed by atoms with E-state index in [1.54, 1.807) is 24.2 Å². The third kappa shape index (κ3) is 4.18. The number of rotatable bonds is 4. The number of anilines is 1. The van der Waals surface area contributed by atoms with Crippen LogP contribution < -0.4 is 11.1 Å². The van der Waals surface area contributed by atoms with Crippen LogP contribution in [0.2, 0.25) is 0 Å². The summed E-state index contributed by atoms with van der Waals surface area (Å²) < 4.78 is 5.20. The second kappa shape index (κ2) is 8.07. The molecule has 2 fully saturated rings. The first kappa shape index (κ1) is 18.7. The van der Waals surface area contributed by atoms with Crippen LogP contribution in [0.15, 0.2) is 22.7 Å². The molecule has 3 amide bonds. The maximum Gasteiger partial charge on any atom is 0.286 e. The zero-order valence-electron chi connectivity index (χ0n) is 15.2. The van der Waals surface area contributed by atoms with Crippen molar-refractivity contribution < 1.29 is 18.8 Å². The number of carbonyl (C=O) groups is 3. The third-order valence-electron chi connectivity index (χ3n) is 4.64. The summed E-state index contributed by atoms with van der Waals surface area (Å²) in [6.07, 6.45) is 4.58. The Bertz CT molecular complexity index is 837. The summed E-state index contributed by atoms with van der Waals surface area (Å²) in [5.41, 5.74) is 6.15. The van der Waals surface area contributed by atoms with Crippen LogP contribution in [0.25, 0.3) is 11.1 Å². The summed E-state index contributed by atoms with van der Waals surface area (Å²) in [5.74, 6) is 0.113. The zero-order valence-corrected chi connectivity index (χ0v) is 15.2. The normalized spacial score (nSPS) is 16.5. The molecule has 4 rings (SSSR count). The molecule has 2 aromatic rings. The van der Waals surface area contributed by atoms with Gasteiger partial charge in [0.25, 0.3) is 5.91 Å². The lowest BCUT2D eigenvalue weighted by Crippen LogP contribution is -2.48. The highest BCUT2D eigenvalue weighted by Gasteiger charge is 2.34. The van der Waals surface area contributed by atoms with E-state index in [1.807, 2.05) is 11.0 Å². The molecule has 0 bridgehead atoms. The molecule has 27 heavy (non-hydrogen) atoms. The number of piperazine rings is 1. The number of nitrogens with two attached hydrogens (primary N) is 1. The molecule has 0 atom stereocenters. The SMILES string of the molecule is CNc1c(C(N)=O)oc2ncccc12.O=CN1CCN(C(=O)C2CC2)CC1. The minimum absolute atomic E-state index is 0.112. The second-order valence-corrected chi connectivity index (χ2v) is 6.52. The summed E-state index contributed by atoms with van der Waals surface area (Å²) in [7, 11) is 1.70. The zero-order chi connectivity index (χ0) is 19.4. The Morgan fingerprint density at radius 2 is 2.00 bits per heavy atom. The predicted octanol–water partition coefficient (Wildman–Crippen LogP) is 0.665. The van der Waals surface area contributed by atoms with Crippen LogP contribution in [0.4, 0.5) is 5.69 Å². The van der Waals surface area contributed by atoms with Gasteiger partial charge in [0.05, 0.1) is 11.1 Å². The summed E-state index contributed by atoms with van der Waals surface area (Å²) in [6, 6.07) is 3.58. The van der Waals surface area contributed by atoms with E-state index in [1.165, 1.54) is 0 Å². The van der Waals surface area contributed by atoms with Crippen molar-refractivity contribution in [1.82, 2.24) is 14.8 Å². The van der Waals surface area contributed by atoms with Crippen molar-refractivity contribution in [2.75, 3.05) is 38.5 Å². The van der Waals surface area contributed by atoms with E-state index in [-0.39, 0.29) is 5.76 Å². The van der Waals surface area contributed by atoms with Gasteiger partial charge in [-0.2, -0.15) is 0 Å². The van der Waals surface area contributed by atoms with Crippen LogP contribution in [-0.4, -0.2) is 66.2 Å². The molecule has 0 unspecified atom stereocenters. The van der Waals surface area contributed by atoms with Crippen LogP contribution >= 0.6 is 0 Å². The van der Waals surface area contributed by atoms with Gasteiger partial charge in [-0.1, -0.05) is 0 Å². The van der Waals surface area contributed by atoms with Crippen molar-refractivity contribution in [1.29, 1.82) is 0 Å². The Morgan fingerprint density at radius 3 is 2.56 bits per heavy atom. The number of nitrogens with zero attached hydrogens (tertiary/aromatic N) is 3. The number of fused-ring (bicyclic) bond motifs is 1. The highest BCUT2D eigenvalue weighted by atomic mass is 16.4. The van der Waals surface area contributed by atoms with Crippen molar-refractivity contribution in [3.63, 3.8) is 0 Å². The molecule has 2 aromatic heterocycles. The van der Waals surface area contributed by atoms with Crippen LogP contribution in [0.1, 0.15) is 23.4 Å². The molecule has 1 saturated heterocycles. The van der Waals surface area contributed by atoms with Gasteiger partial charge in [-0.05, 0) is 25.0 Å². The van der Waals surface area contributed by atoms with Crippen LogP contribution in [-0.2, 0) is 9.59 Å². The highest BCUT2D eigenvalue weighted by Crippen LogP contribution is 2.31. The van der Waals surface area contributed by atoms with Crippen molar-refractivity contribution >= 4 is 35.0 Å². The smallest absolute Gasteiger partial charge is 0.286 e. The molecular weight excluding hydrogens is 350 g/mol. The number of furan rings is 1. The number of carbonyl (C=O) groups excluding carboxylic acids is 3. The van der Waals surface area contributed by atoms with Crippen molar-refractivity contribution in [3.05, 3.63) is 24.1 Å². The number of amides is 3. The predicted molar refractivity (Wildman–Crippen MR) is 99.0 cm³/mol. The number of aromatic nitrogens is 1. The quantitative estimate of drug-likeness (QED) is 0.760. The molecule has 2 aliphatic rings. The lowest BCUT2D eigenvalue weighted by Gasteiger charge is -2.32. The first-order valence-corrected chi connectivity index (χ1v) is 8.88. The third-order valence-corrected chi connectivity index (χ3v) is 4.64. The molecule has 144 valence electrons. The standard InChI is InChI=1S/C9H9N3O2.C9H14N2O2/c1-11-6-5-3-2-4-12-9(5)14-7(6)8(10)13;12-7-10-3-5-11(6-4-10)9(13)8-1-2-8/h2-4,11H,1H3,(H2,10,13);7-8H,1-6H2. The first-order valence-electron chi connectivity index (χ1n) is 8.88. The van der Waals surface area contributed by atoms with Gasteiger partial charge in [0.2, 0.25) is 23.8 Å². The van der Waals surface area contributed by atoms with E-state index in [9.17, 15) is 14.4 Å². The molecule has 0 spiro atoms. The molecule has 1 aliphatic heterocycles. The Morgan fingerprint density at radius 1 is 1.30 bits per heavy atom. The van der Waals surface area contributed by atoms with Crippen LogP contribution in [0.5, 0.6) is 0 Å². The fourth-order valence-electron chi connectivity index (χ4n) is 2.99. The Labute approximate surface area is 156 Å². The fraction of sp³-hybridized carbons (Fsp3) is 0.444. The van der Waals surface area contributed by atoms with E-state index < -0.39 is 5.91 Å². The molecule has 1 aliphatic carbocycles. The summed E-state index contributed by atoms with van der Waals surface area (Å²) >= 11 is 0. The number of nitrogens with one attached hydrogen (secondary N) is 1. The number of primary amides is 1. The maximum absolute atomic E-state index is 11.6. The van der Waals surface area contributed by atoms with Gasteiger partial charge in [-0.15, -0.1) is 0 Å². The van der Waals surface area contributed by atoms with E-state index in [0.717, 1.165) is 24.6 Å². The van der Waals surface area contributed by atoms with Gasteiger partial charge < -0.3 is 25.3 Å². The Kier molecular flexibility index (Phi) is 5.58. The summed E-state index contributed by atoms with van der Waals surface area (Å²) in [4.78, 5) is 40.6. The monoisotopic (exact) mass is 373 g/mol. The summed E-state index contributed by atoms with van der Waals surface area (Å²) in [6.45, 7) is 2.83. The lowest BCUT2D eigenvalue weighted by molar-refractivity contribution is -0.136. The van der Waals surface area contributed by atoms with E-state index >= 15 is 0 Å². The minimum Gasteiger partial charge on any atom is -0.430 e. The van der Waals surface area contributed by atoms with Gasteiger partial charge in [0, 0.05) is 45.3 Å². The fourth-order valence-corrected chi connectivity index (χ4v) is 2.99. The summed E-state index contributed by atoms with van der Waals surface area (Å²) in [5, 5.41) is 3.62. The minimum atomic E-state index is -0.604. The first-order chi connectivity index (χ1) is 13.0. The average molecular weight is 373 g/mol. The maximum atomic E-state index is 11.6. The molecule has 0 radical (unpaired) electrons. The van der Waals surface area contributed by atoms with E-state index in [2.05, 4.69) is 10.3 Å². The average Bonchev–Trinajstić information content (AvgIpc) is 3.48. The van der Waals surface area contributed by atoms with Gasteiger partial charge in [0.1, 0.15) is 0 Å². The Balaban J connectivity index is 0.000000156. The molecule has 0 aromatic carbocycles. The molecular formula is C18H23N5O4. The van der Waals surface area contributed by atoms with Crippen LogP contribution in [0, 0.1) is 5.92 Å². The van der Waals surface area contributed by atoms with E-state index in [0.29, 0.717) is 49.4 Å². The molecule has 9 heteroatoms. The number of hydrogen-bond acceptors (Lipinski definition) is 6. The van der Waals surface area contributed by atoms with Crippen molar-refractivity contribution in [2.45, 2.75) is 12.8 Å². The topological polar surface area (TPSA) is 122 Å². The molecule has 9 nitrogen and oxygen atoms in total.